The molecule has 1 saturated carbocycles. The van der Waals surface area contributed by atoms with Crippen LogP contribution in [-0.4, -0.2) is 61.5 Å². The number of imide groups is 1. The van der Waals surface area contributed by atoms with E-state index in [4.69, 9.17) is 4.84 Å². The van der Waals surface area contributed by atoms with E-state index in [0.717, 1.165) is 25.7 Å². The molecule has 0 radical (unpaired) electrons. The van der Waals surface area contributed by atoms with Crippen LogP contribution in [0.25, 0.3) is 0 Å². The predicted octanol–water partition coefficient (Wildman–Crippen LogP) is 2.29. The summed E-state index contributed by atoms with van der Waals surface area (Å²) in [6.07, 6.45) is 8.72. The number of piperidine rings is 1. The molecule has 3 saturated heterocycles. The van der Waals surface area contributed by atoms with Crippen molar-refractivity contribution < 1.29 is 14.4 Å². The van der Waals surface area contributed by atoms with Gasteiger partial charge in [-0.25, -0.2) is 0 Å². The standard InChI is InChI=1S/C22H28N2O3Se/c1-23-20(25)18-16-11-8-14-22(24(16)27-19(18)21(23)26)13-7-3-6-12-17(22)28-15-9-4-2-5-10-15/h2,4-5,9-10,16-19H,3,6-8,11-14H2,1H3/t16-,17?,18+,19-,22+/m1/s1. The van der Waals surface area contributed by atoms with Gasteiger partial charge in [0, 0.05) is 0 Å². The van der Waals surface area contributed by atoms with E-state index in [1.807, 2.05) is 0 Å². The number of hydrogen-bond donors (Lipinski definition) is 0. The molecule has 1 aliphatic carbocycles. The predicted molar refractivity (Wildman–Crippen MR) is 107 cm³/mol. The van der Waals surface area contributed by atoms with E-state index in [-0.39, 0.29) is 29.3 Å². The van der Waals surface area contributed by atoms with Gasteiger partial charge in [0.2, 0.25) is 0 Å². The maximum absolute atomic E-state index is 12.8. The molecule has 1 unspecified atom stereocenters. The number of benzene rings is 1. The van der Waals surface area contributed by atoms with Crippen molar-refractivity contribution in [3.8, 4) is 0 Å². The van der Waals surface area contributed by atoms with Gasteiger partial charge in [-0.05, 0) is 0 Å². The molecule has 4 aliphatic rings. The first-order valence-corrected chi connectivity index (χ1v) is 12.5. The topological polar surface area (TPSA) is 49.9 Å². The molecule has 0 aromatic heterocycles. The Morgan fingerprint density at radius 2 is 1.79 bits per heavy atom. The Morgan fingerprint density at radius 1 is 1.00 bits per heavy atom. The summed E-state index contributed by atoms with van der Waals surface area (Å²) in [6, 6.07) is 10.9. The van der Waals surface area contributed by atoms with Crippen molar-refractivity contribution in [2.24, 2.45) is 5.92 Å². The summed E-state index contributed by atoms with van der Waals surface area (Å²) in [5.41, 5.74) is -0.0151. The van der Waals surface area contributed by atoms with Crippen LogP contribution < -0.4 is 4.46 Å². The molecule has 5 rings (SSSR count). The summed E-state index contributed by atoms with van der Waals surface area (Å²) in [4.78, 5) is 33.6. The fourth-order valence-electron chi connectivity index (χ4n) is 5.83. The quantitative estimate of drug-likeness (QED) is 0.516. The summed E-state index contributed by atoms with van der Waals surface area (Å²) in [7, 11) is 1.60. The second-order valence-electron chi connectivity index (χ2n) is 8.70. The molecule has 5 nitrogen and oxygen atoms in total. The summed E-state index contributed by atoms with van der Waals surface area (Å²) in [5, 5.41) is 2.20. The van der Waals surface area contributed by atoms with Crippen LogP contribution in [0.3, 0.4) is 0 Å². The number of fused-ring (bicyclic) bond motifs is 4. The molecule has 1 aromatic carbocycles. The average Bonchev–Trinajstić information content (AvgIpc) is 3.12. The first-order chi connectivity index (χ1) is 13.6. The molecule has 6 heteroatoms. The van der Waals surface area contributed by atoms with Gasteiger partial charge in [0.05, 0.1) is 0 Å². The summed E-state index contributed by atoms with van der Waals surface area (Å²) in [6.45, 7) is 0. The molecule has 0 bridgehead atoms. The minimum absolute atomic E-state index is 0.0151. The summed E-state index contributed by atoms with van der Waals surface area (Å²) >= 11 is 0.360. The Balaban J connectivity index is 1.49. The van der Waals surface area contributed by atoms with Gasteiger partial charge >= 0.3 is 173 Å². The Bertz CT molecular complexity index is 772. The molecule has 3 heterocycles. The third-order valence-corrected chi connectivity index (χ3v) is 10.4. The van der Waals surface area contributed by atoms with Gasteiger partial charge in [0.15, 0.2) is 0 Å². The fraction of sp³-hybridized carbons (Fsp3) is 0.636. The van der Waals surface area contributed by atoms with Gasteiger partial charge in [-0.3, -0.25) is 0 Å². The maximum atomic E-state index is 12.8. The number of likely N-dealkylation sites (N-methyl/N-ethyl adjacent to an activating group) is 1. The second-order valence-corrected chi connectivity index (χ2v) is 11.4. The van der Waals surface area contributed by atoms with Crippen molar-refractivity contribution in [1.82, 2.24) is 9.96 Å². The monoisotopic (exact) mass is 448 g/mol. The Hall–Kier alpha value is -1.20. The van der Waals surface area contributed by atoms with E-state index >= 15 is 0 Å². The second kappa shape index (κ2) is 7.24. The zero-order valence-corrected chi connectivity index (χ0v) is 18.1. The molecule has 4 fully saturated rings. The Morgan fingerprint density at radius 3 is 2.61 bits per heavy atom. The normalized spacial score (nSPS) is 38.5. The van der Waals surface area contributed by atoms with Crippen LogP contribution in [0, 0.1) is 5.92 Å². The number of amides is 2. The molecule has 150 valence electrons. The van der Waals surface area contributed by atoms with Crippen LogP contribution in [0.4, 0.5) is 0 Å². The van der Waals surface area contributed by atoms with E-state index < -0.39 is 6.10 Å². The first kappa shape index (κ1) is 18.8. The van der Waals surface area contributed by atoms with Gasteiger partial charge < -0.3 is 0 Å². The van der Waals surface area contributed by atoms with Crippen molar-refractivity contribution in [1.29, 1.82) is 0 Å². The van der Waals surface area contributed by atoms with Crippen LogP contribution in [0.5, 0.6) is 0 Å². The molecule has 2 amide bonds. The average molecular weight is 447 g/mol. The van der Waals surface area contributed by atoms with E-state index in [9.17, 15) is 9.59 Å². The zero-order valence-electron chi connectivity index (χ0n) is 16.4. The van der Waals surface area contributed by atoms with Crippen LogP contribution >= 0.6 is 0 Å². The molecule has 1 spiro atoms. The molecule has 1 aromatic rings. The number of carbonyl (C=O) groups is 2. The molecule has 0 N–H and O–H groups in total. The third-order valence-electron chi connectivity index (χ3n) is 7.20. The van der Waals surface area contributed by atoms with Gasteiger partial charge in [0.1, 0.15) is 0 Å². The first-order valence-electron chi connectivity index (χ1n) is 10.6. The van der Waals surface area contributed by atoms with Gasteiger partial charge in [-0.2, -0.15) is 0 Å². The van der Waals surface area contributed by atoms with Crippen LogP contribution in [0.1, 0.15) is 51.4 Å². The minimum atomic E-state index is -0.592. The third kappa shape index (κ3) is 2.80. The number of hydrogen-bond acceptors (Lipinski definition) is 4. The molecular weight excluding hydrogens is 419 g/mol. The molecule has 3 aliphatic heterocycles. The van der Waals surface area contributed by atoms with Gasteiger partial charge in [0.25, 0.3) is 0 Å². The SMILES string of the molecule is CN1C(=O)[C@H]2[C@H]3CCC[C@]4(CCCCCC4[Se]c4ccccc4)N3O[C@H]2C1=O. The van der Waals surface area contributed by atoms with Crippen molar-refractivity contribution in [3.05, 3.63) is 30.3 Å². The number of rotatable bonds is 2. The Labute approximate surface area is 172 Å². The van der Waals surface area contributed by atoms with Crippen LogP contribution in [0.2, 0.25) is 4.82 Å². The van der Waals surface area contributed by atoms with Crippen molar-refractivity contribution in [2.45, 2.75) is 73.9 Å². The molecular formula is C22H28N2O3Se. The van der Waals surface area contributed by atoms with Crippen LogP contribution in [0.15, 0.2) is 30.3 Å². The zero-order chi connectivity index (χ0) is 19.3. The van der Waals surface area contributed by atoms with Gasteiger partial charge in [-0.15, -0.1) is 0 Å². The van der Waals surface area contributed by atoms with E-state index in [0.29, 0.717) is 19.8 Å². The number of nitrogens with zero attached hydrogens (tertiary/aromatic N) is 2. The summed E-state index contributed by atoms with van der Waals surface area (Å²) in [5.74, 6) is -0.501. The van der Waals surface area contributed by atoms with Crippen LogP contribution in [-0.2, 0) is 14.4 Å². The number of likely N-dealkylation sites (tertiary alicyclic amines) is 1. The summed E-state index contributed by atoms with van der Waals surface area (Å²) < 4.78 is 1.44. The number of carbonyl (C=O) groups excluding carboxylic acids is 2. The van der Waals surface area contributed by atoms with E-state index in [2.05, 4.69) is 35.4 Å². The van der Waals surface area contributed by atoms with Gasteiger partial charge in [-0.1, -0.05) is 0 Å². The molecule has 5 atom stereocenters. The van der Waals surface area contributed by atoms with E-state index in [1.165, 1.54) is 35.0 Å². The van der Waals surface area contributed by atoms with E-state index in [1.54, 1.807) is 7.05 Å². The molecule has 28 heavy (non-hydrogen) atoms. The Kier molecular flexibility index (Phi) is 4.87. The van der Waals surface area contributed by atoms with Crippen molar-refractivity contribution in [2.75, 3.05) is 7.05 Å². The van der Waals surface area contributed by atoms with Crippen molar-refractivity contribution >= 4 is 31.2 Å². The fourth-order valence-corrected chi connectivity index (χ4v) is 8.94. The number of hydroxylamine groups is 2. The van der Waals surface area contributed by atoms with Crippen molar-refractivity contribution in [3.63, 3.8) is 0 Å².